The monoisotopic (exact) mass is 223 g/mol. The predicted octanol–water partition coefficient (Wildman–Crippen LogP) is 2.72. The summed E-state index contributed by atoms with van der Waals surface area (Å²) in [5.74, 6) is 1.71. The summed E-state index contributed by atoms with van der Waals surface area (Å²) in [4.78, 5) is 0. The highest BCUT2D eigenvalue weighted by molar-refractivity contribution is 4.93. The van der Waals surface area contributed by atoms with Gasteiger partial charge in [-0.2, -0.15) is 0 Å². The third kappa shape index (κ3) is 2.02. The van der Waals surface area contributed by atoms with Gasteiger partial charge in [-0.15, -0.1) is 0 Å². The maximum absolute atomic E-state index is 5.84. The highest BCUT2D eigenvalue weighted by atomic mass is 16.5. The summed E-state index contributed by atoms with van der Waals surface area (Å²) in [6.45, 7) is 3.42. The summed E-state index contributed by atoms with van der Waals surface area (Å²) in [5.41, 5.74) is 0. The van der Waals surface area contributed by atoms with Gasteiger partial charge in [0.05, 0.1) is 6.10 Å². The largest absolute Gasteiger partial charge is 0.378 e. The molecule has 2 heteroatoms. The minimum Gasteiger partial charge on any atom is -0.378 e. The fourth-order valence-corrected chi connectivity index (χ4v) is 4.05. The van der Waals surface area contributed by atoms with Gasteiger partial charge in [0.15, 0.2) is 0 Å². The van der Waals surface area contributed by atoms with Crippen LogP contribution in [0.3, 0.4) is 0 Å². The van der Waals surface area contributed by atoms with E-state index in [0.717, 1.165) is 30.5 Å². The Balaban J connectivity index is 1.60. The van der Waals surface area contributed by atoms with E-state index >= 15 is 0 Å². The second-order valence-electron chi connectivity index (χ2n) is 6.08. The second-order valence-corrected chi connectivity index (χ2v) is 6.08. The highest BCUT2D eigenvalue weighted by Crippen LogP contribution is 2.36. The normalized spacial score (nSPS) is 48.2. The van der Waals surface area contributed by atoms with Crippen LogP contribution in [0.25, 0.3) is 0 Å². The fourth-order valence-electron chi connectivity index (χ4n) is 4.05. The molecule has 0 aromatic heterocycles. The summed E-state index contributed by atoms with van der Waals surface area (Å²) in [5, 5.41) is 3.96. The van der Waals surface area contributed by atoms with Crippen LogP contribution >= 0.6 is 0 Å². The Bertz CT molecular complexity index is 243. The Morgan fingerprint density at radius 3 is 2.56 bits per heavy atom. The molecule has 3 rings (SSSR count). The van der Waals surface area contributed by atoms with Crippen LogP contribution in [0.1, 0.15) is 51.9 Å². The van der Waals surface area contributed by atoms with Crippen LogP contribution in [0.2, 0.25) is 0 Å². The second kappa shape index (κ2) is 4.66. The quantitative estimate of drug-likeness (QED) is 0.777. The molecule has 1 aliphatic heterocycles. The van der Waals surface area contributed by atoms with Crippen LogP contribution in [0, 0.1) is 11.8 Å². The van der Waals surface area contributed by atoms with E-state index in [-0.39, 0.29) is 0 Å². The van der Waals surface area contributed by atoms with Crippen LogP contribution in [-0.2, 0) is 4.74 Å². The maximum atomic E-state index is 5.84. The molecule has 1 N–H and O–H groups in total. The van der Waals surface area contributed by atoms with Crippen molar-refractivity contribution >= 4 is 0 Å². The van der Waals surface area contributed by atoms with E-state index in [1.54, 1.807) is 0 Å². The third-order valence-corrected chi connectivity index (χ3v) is 5.07. The molecule has 16 heavy (non-hydrogen) atoms. The summed E-state index contributed by atoms with van der Waals surface area (Å²) < 4.78 is 5.84. The van der Waals surface area contributed by atoms with Crippen molar-refractivity contribution < 1.29 is 4.74 Å². The molecule has 0 aromatic rings. The minimum absolute atomic E-state index is 0.586. The zero-order chi connectivity index (χ0) is 11.0. The van der Waals surface area contributed by atoms with E-state index in [2.05, 4.69) is 12.2 Å². The number of nitrogens with one attached hydrogen (secondary N) is 1. The molecule has 0 radical (unpaired) electrons. The molecule has 92 valence electrons. The SMILES string of the molecule is CC1CCCC1NC1CCCC2OCCC12. The molecule has 1 heterocycles. The lowest BCUT2D eigenvalue weighted by Crippen LogP contribution is -2.48. The number of hydrogen-bond acceptors (Lipinski definition) is 2. The topological polar surface area (TPSA) is 21.3 Å². The maximum Gasteiger partial charge on any atom is 0.0619 e. The molecule has 0 bridgehead atoms. The number of ether oxygens (including phenoxy) is 1. The average molecular weight is 223 g/mol. The van der Waals surface area contributed by atoms with E-state index in [0.29, 0.717) is 6.10 Å². The highest BCUT2D eigenvalue weighted by Gasteiger charge is 2.39. The molecule has 2 aliphatic carbocycles. The van der Waals surface area contributed by atoms with Crippen LogP contribution in [-0.4, -0.2) is 24.8 Å². The summed E-state index contributed by atoms with van der Waals surface area (Å²) in [6, 6.07) is 1.55. The van der Waals surface area contributed by atoms with Gasteiger partial charge in [-0.25, -0.2) is 0 Å². The Kier molecular flexibility index (Phi) is 3.21. The molecule has 0 amide bonds. The first-order valence-electron chi connectivity index (χ1n) is 7.22. The van der Waals surface area contributed by atoms with Crippen LogP contribution in [0.4, 0.5) is 0 Å². The molecule has 0 spiro atoms. The van der Waals surface area contributed by atoms with Gasteiger partial charge in [0.25, 0.3) is 0 Å². The lowest BCUT2D eigenvalue weighted by Gasteiger charge is -2.36. The molecular formula is C14H25NO. The smallest absolute Gasteiger partial charge is 0.0619 e. The first kappa shape index (κ1) is 11.0. The first-order valence-corrected chi connectivity index (χ1v) is 7.22. The molecular weight excluding hydrogens is 198 g/mol. The van der Waals surface area contributed by atoms with Gasteiger partial charge in [-0.1, -0.05) is 13.3 Å². The number of hydrogen-bond donors (Lipinski definition) is 1. The lowest BCUT2D eigenvalue weighted by molar-refractivity contribution is 0.0502. The lowest BCUT2D eigenvalue weighted by atomic mass is 9.81. The van der Waals surface area contributed by atoms with E-state index in [9.17, 15) is 0 Å². The molecule has 5 atom stereocenters. The van der Waals surface area contributed by atoms with Crippen molar-refractivity contribution in [1.82, 2.24) is 5.32 Å². The van der Waals surface area contributed by atoms with Gasteiger partial charge in [-0.3, -0.25) is 0 Å². The van der Waals surface area contributed by atoms with Gasteiger partial charge < -0.3 is 10.1 Å². The predicted molar refractivity (Wildman–Crippen MR) is 65.4 cm³/mol. The standard InChI is InChI=1S/C14H25NO/c1-10-4-2-5-12(10)15-13-6-3-7-14-11(13)8-9-16-14/h10-15H,2-9H2,1H3. The first-order chi connectivity index (χ1) is 7.84. The zero-order valence-electron chi connectivity index (χ0n) is 10.5. The zero-order valence-corrected chi connectivity index (χ0v) is 10.5. The molecule has 3 aliphatic rings. The van der Waals surface area contributed by atoms with Crippen molar-refractivity contribution in [2.45, 2.75) is 70.1 Å². The van der Waals surface area contributed by atoms with Crippen molar-refractivity contribution in [2.75, 3.05) is 6.61 Å². The Labute approximate surface area is 99.1 Å². The minimum atomic E-state index is 0.586. The molecule has 2 nitrogen and oxygen atoms in total. The van der Waals surface area contributed by atoms with Crippen LogP contribution in [0.15, 0.2) is 0 Å². The summed E-state index contributed by atoms with van der Waals surface area (Å²) in [7, 11) is 0. The molecule has 3 fully saturated rings. The Morgan fingerprint density at radius 2 is 1.75 bits per heavy atom. The van der Waals surface area contributed by atoms with E-state index in [1.165, 1.54) is 44.9 Å². The van der Waals surface area contributed by atoms with Gasteiger partial charge in [-0.05, 0) is 44.4 Å². The molecule has 2 saturated carbocycles. The number of rotatable bonds is 2. The van der Waals surface area contributed by atoms with Crippen molar-refractivity contribution in [1.29, 1.82) is 0 Å². The van der Waals surface area contributed by atoms with Crippen molar-refractivity contribution in [3.63, 3.8) is 0 Å². The van der Waals surface area contributed by atoms with E-state index in [4.69, 9.17) is 4.74 Å². The summed E-state index contributed by atoms with van der Waals surface area (Å²) >= 11 is 0. The van der Waals surface area contributed by atoms with Gasteiger partial charge in [0.1, 0.15) is 0 Å². The summed E-state index contributed by atoms with van der Waals surface area (Å²) in [6.07, 6.45) is 10.2. The van der Waals surface area contributed by atoms with Crippen LogP contribution in [0.5, 0.6) is 0 Å². The van der Waals surface area contributed by atoms with Gasteiger partial charge >= 0.3 is 0 Å². The Morgan fingerprint density at radius 1 is 0.938 bits per heavy atom. The molecule has 1 saturated heterocycles. The average Bonchev–Trinajstić information content (AvgIpc) is 2.89. The van der Waals surface area contributed by atoms with E-state index in [1.807, 2.05) is 0 Å². The van der Waals surface area contributed by atoms with Crippen LogP contribution < -0.4 is 5.32 Å². The van der Waals surface area contributed by atoms with Crippen molar-refractivity contribution in [3.8, 4) is 0 Å². The van der Waals surface area contributed by atoms with Crippen molar-refractivity contribution in [2.24, 2.45) is 11.8 Å². The molecule has 5 unspecified atom stereocenters. The van der Waals surface area contributed by atoms with Gasteiger partial charge in [0, 0.05) is 24.6 Å². The number of fused-ring (bicyclic) bond motifs is 1. The third-order valence-electron chi connectivity index (χ3n) is 5.07. The van der Waals surface area contributed by atoms with Gasteiger partial charge in [0.2, 0.25) is 0 Å². The fraction of sp³-hybridized carbons (Fsp3) is 1.00. The molecule has 0 aromatic carbocycles. The van der Waals surface area contributed by atoms with E-state index < -0.39 is 0 Å². The Hall–Kier alpha value is -0.0800. The van der Waals surface area contributed by atoms with Crippen molar-refractivity contribution in [3.05, 3.63) is 0 Å².